The van der Waals surface area contributed by atoms with Gasteiger partial charge in [-0.25, -0.2) is 4.39 Å². The molecule has 4 aromatic rings. The number of carbonyl (C=O) groups is 2. The molecule has 2 aromatic carbocycles. The fraction of sp³-hybridized carbons (Fsp3) is 0.111. The van der Waals surface area contributed by atoms with Gasteiger partial charge in [-0.15, -0.1) is 0 Å². The van der Waals surface area contributed by atoms with Gasteiger partial charge in [0.05, 0.1) is 12.2 Å². The molecule has 4 rings (SSSR count). The number of benzene rings is 2. The number of carbonyl (C=O) groups excluding carboxylic acids is 2. The number of hydrogen-bond donors (Lipinski definition) is 1. The Morgan fingerprint density at radius 2 is 1.68 bits per heavy atom. The summed E-state index contributed by atoms with van der Waals surface area (Å²) in [4.78, 5) is 42.2. The van der Waals surface area contributed by atoms with Crippen LogP contribution in [0.2, 0.25) is 0 Å². The van der Waals surface area contributed by atoms with Gasteiger partial charge in [-0.1, -0.05) is 37.3 Å². The largest absolute Gasteiger partial charge is 0.321 e. The first-order chi connectivity index (χ1) is 16.5. The Morgan fingerprint density at radius 3 is 2.38 bits per heavy atom. The predicted molar refractivity (Wildman–Crippen MR) is 128 cm³/mol. The lowest BCUT2D eigenvalue weighted by atomic mass is 10.0. The molecule has 0 unspecified atom stereocenters. The van der Waals surface area contributed by atoms with E-state index in [0.717, 1.165) is 5.56 Å². The Balaban J connectivity index is 1.74. The zero-order chi connectivity index (χ0) is 24.1. The van der Waals surface area contributed by atoms with Crippen LogP contribution in [0.15, 0.2) is 90.0 Å². The SMILES string of the molecule is CCC(=O)Nc1ccc(-c2ccccc2)n(Cc2cncc(C(=O)c3ccc(F)cc3)c2)c1=O. The fourth-order valence-corrected chi connectivity index (χ4v) is 3.58. The maximum atomic E-state index is 13.3. The van der Waals surface area contributed by atoms with Gasteiger partial charge in [-0.2, -0.15) is 0 Å². The molecule has 7 heteroatoms. The van der Waals surface area contributed by atoms with E-state index < -0.39 is 5.82 Å². The number of anilines is 1. The molecule has 34 heavy (non-hydrogen) atoms. The van der Waals surface area contributed by atoms with Crippen molar-refractivity contribution >= 4 is 17.4 Å². The number of hydrogen-bond acceptors (Lipinski definition) is 4. The summed E-state index contributed by atoms with van der Waals surface area (Å²) >= 11 is 0. The van der Waals surface area contributed by atoms with Gasteiger partial charge >= 0.3 is 0 Å². The topological polar surface area (TPSA) is 81.1 Å². The Hall–Kier alpha value is -4.39. The quantitative estimate of drug-likeness (QED) is 0.411. The molecule has 0 spiro atoms. The summed E-state index contributed by atoms with van der Waals surface area (Å²) in [5, 5.41) is 2.65. The molecule has 0 saturated carbocycles. The zero-order valence-electron chi connectivity index (χ0n) is 18.5. The number of amides is 1. The Kier molecular flexibility index (Phi) is 6.73. The van der Waals surface area contributed by atoms with Crippen molar-refractivity contribution in [1.82, 2.24) is 9.55 Å². The van der Waals surface area contributed by atoms with Gasteiger partial charge in [-0.05, 0) is 53.6 Å². The first-order valence-electron chi connectivity index (χ1n) is 10.8. The maximum absolute atomic E-state index is 13.3. The van der Waals surface area contributed by atoms with E-state index in [1.54, 1.807) is 35.9 Å². The van der Waals surface area contributed by atoms with E-state index >= 15 is 0 Å². The number of nitrogens with zero attached hydrogens (tertiary/aromatic N) is 2. The van der Waals surface area contributed by atoms with Crippen LogP contribution in [-0.2, 0) is 11.3 Å². The summed E-state index contributed by atoms with van der Waals surface area (Å²) in [5.41, 5.74) is 2.61. The molecular formula is C27H22FN3O3. The molecule has 1 N–H and O–H groups in total. The van der Waals surface area contributed by atoms with Gasteiger partial charge < -0.3 is 9.88 Å². The second-order valence-corrected chi connectivity index (χ2v) is 7.71. The van der Waals surface area contributed by atoms with Gasteiger partial charge in [-0.3, -0.25) is 19.4 Å². The molecular weight excluding hydrogens is 433 g/mol. The molecule has 0 fully saturated rings. The number of pyridine rings is 2. The molecule has 6 nitrogen and oxygen atoms in total. The van der Waals surface area contributed by atoms with Crippen LogP contribution in [0.1, 0.15) is 34.8 Å². The maximum Gasteiger partial charge on any atom is 0.275 e. The van der Waals surface area contributed by atoms with Crippen molar-refractivity contribution in [3.63, 3.8) is 0 Å². The average molecular weight is 455 g/mol. The van der Waals surface area contributed by atoms with E-state index in [4.69, 9.17) is 0 Å². The van der Waals surface area contributed by atoms with Crippen molar-refractivity contribution in [3.8, 4) is 11.3 Å². The van der Waals surface area contributed by atoms with Crippen LogP contribution in [0, 0.1) is 5.82 Å². The molecule has 0 atom stereocenters. The Morgan fingerprint density at radius 1 is 0.941 bits per heavy atom. The molecule has 0 aliphatic heterocycles. The highest BCUT2D eigenvalue weighted by Gasteiger charge is 2.15. The minimum absolute atomic E-state index is 0.135. The van der Waals surface area contributed by atoms with Crippen molar-refractivity contribution < 1.29 is 14.0 Å². The van der Waals surface area contributed by atoms with Crippen LogP contribution >= 0.6 is 0 Å². The highest BCUT2D eigenvalue weighted by Crippen LogP contribution is 2.21. The normalized spacial score (nSPS) is 10.6. The van der Waals surface area contributed by atoms with Crippen LogP contribution in [0.3, 0.4) is 0 Å². The minimum atomic E-state index is -0.425. The average Bonchev–Trinajstić information content (AvgIpc) is 2.87. The summed E-state index contributed by atoms with van der Waals surface area (Å²) in [6, 6.07) is 19.8. The Bertz CT molecular complexity index is 1400. The highest BCUT2D eigenvalue weighted by molar-refractivity contribution is 6.08. The van der Waals surface area contributed by atoms with E-state index in [0.29, 0.717) is 22.4 Å². The van der Waals surface area contributed by atoms with Crippen molar-refractivity contribution in [2.45, 2.75) is 19.9 Å². The smallest absolute Gasteiger partial charge is 0.275 e. The second-order valence-electron chi connectivity index (χ2n) is 7.71. The molecule has 0 radical (unpaired) electrons. The fourth-order valence-electron chi connectivity index (χ4n) is 3.58. The zero-order valence-corrected chi connectivity index (χ0v) is 18.5. The van der Waals surface area contributed by atoms with Crippen molar-refractivity contribution in [3.05, 3.63) is 118 Å². The van der Waals surface area contributed by atoms with Crippen LogP contribution in [-0.4, -0.2) is 21.2 Å². The second kappa shape index (κ2) is 10.0. The van der Waals surface area contributed by atoms with E-state index in [-0.39, 0.29) is 35.9 Å². The first-order valence-corrected chi connectivity index (χ1v) is 10.8. The summed E-state index contributed by atoms with van der Waals surface area (Å²) < 4.78 is 14.8. The third-order valence-corrected chi connectivity index (χ3v) is 5.34. The Labute approximate surface area is 195 Å². The highest BCUT2D eigenvalue weighted by atomic mass is 19.1. The number of nitrogens with one attached hydrogen (secondary N) is 1. The van der Waals surface area contributed by atoms with Gasteiger partial charge in [0.15, 0.2) is 5.78 Å². The van der Waals surface area contributed by atoms with Gasteiger partial charge in [0.25, 0.3) is 5.56 Å². The number of ketones is 1. The summed E-state index contributed by atoms with van der Waals surface area (Å²) in [5.74, 6) is -0.982. The van der Waals surface area contributed by atoms with Crippen LogP contribution in [0.5, 0.6) is 0 Å². The summed E-state index contributed by atoms with van der Waals surface area (Å²) in [7, 11) is 0. The third-order valence-electron chi connectivity index (χ3n) is 5.34. The lowest BCUT2D eigenvalue weighted by Crippen LogP contribution is -2.27. The standard InChI is InChI=1S/C27H22FN3O3/c1-2-25(32)30-23-12-13-24(19-6-4-3-5-7-19)31(27(23)34)17-18-14-21(16-29-15-18)26(33)20-8-10-22(28)11-9-20/h3-16H,2,17H2,1H3,(H,30,32). The number of aromatic nitrogens is 2. The molecule has 0 bridgehead atoms. The minimum Gasteiger partial charge on any atom is -0.321 e. The van der Waals surface area contributed by atoms with Crippen LogP contribution < -0.4 is 10.9 Å². The molecule has 0 aliphatic carbocycles. The van der Waals surface area contributed by atoms with Crippen LogP contribution in [0.4, 0.5) is 10.1 Å². The van der Waals surface area contributed by atoms with E-state index in [2.05, 4.69) is 10.3 Å². The summed E-state index contributed by atoms with van der Waals surface area (Å²) in [6.07, 6.45) is 3.27. The first kappa shape index (κ1) is 22.8. The number of halogens is 1. The van der Waals surface area contributed by atoms with Crippen molar-refractivity contribution in [2.75, 3.05) is 5.32 Å². The lowest BCUT2D eigenvalue weighted by Gasteiger charge is -2.16. The van der Waals surface area contributed by atoms with Crippen molar-refractivity contribution in [2.24, 2.45) is 0 Å². The van der Waals surface area contributed by atoms with Crippen molar-refractivity contribution in [1.29, 1.82) is 0 Å². The van der Waals surface area contributed by atoms with E-state index in [1.165, 1.54) is 30.5 Å². The van der Waals surface area contributed by atoms with Gasteiger partial charge in [0.1, 0.15) is 11.5 Å². The molecule has 170 valence electrons. The lowest BCUT2D eigenvalue weighted by molar-refractivity contribution is -0.115. The van der Waals surface area contributed by atoms with Crippen LogP contribution in [0.25, 0.3) is 11.3 Å². The summed E-state index contributed by atoms with van der Waals surface area (Å²) in [6.45, 7) is 1.85. The molecule has 0 aliphatic rings. The third kappa shape index (κ3) is 4.99. The molecule has 1 amide bonds. The molecule has 2 heterocycles. The number of rotatable bonds is 7. The van der Waals surface area contributed by atoms with E-state index in [9.17, 15) is 18.8 Å². The molecule has 2 aromatic heterocycles. The monoisotopic (exact) mass is 455 g/mol. The van der Waals surface area contributed by atoms with Gasteiger partial charge in [0, 0.05) is 29.9 Å². The molecule has 0 saturated heterocycles. The predicted octanol–water partition coefficient (Wildman–Crippen LogP) is 4.68. The van der Waals surface area contributed by atoms with E-state index in [1.807, 2.05) is 30.3 Å². The van der Waals surface area contributed by atoms with Gasteiger partial charge in [0.2, 0.25) is 5.91 Å².